The van der Waals surface area contributed by atoms with Crippen LogP contribution in [0.5, 0.6) is 5.75 Å². The molecule has 4 rings (SSSR count). The molecule has 10 heteroatoms. The Morgan fingerprint density at radius 2 is 1.81 bits per heavy atom. The van der Waals surface area contributed by atoms with Gasteiger partial charge in [-0.3, -0.25) is 19.7 Å². The summed E-state index contributed by atoms with van der Waals surface area (Å²) in [5.41, 5.74) is 1.90. The third-order valence-corrected chi connectivity index (χ3v) is 5.98. The SMILES string of the molecule is Cc1ccccc1NC(=O)COc1ccc(Br)cc1/C=C1/C(=O)NC(=O)N(c2ccc(Cl)cc2)C1=O. The number of urea groups is 1. The van der Waals surface area contributed by atoms with Crippen LogP contribution in [0.3, 0.4) is 0 Å². The van der Waals surface area contributed by atoms with Crippen LogP contribution in [0.15, 0.2) is 76.8 Å². The molecule has 0 saturated carbocycles. The van der Waals surface area contributed by atoms with E-state index in [2.05, 4.69) is 26.6 Å². The summed E-state index contributed by atoms with van der Waals surface area (Å²) >= 11 is 9.27. The number of aryl methyl sites for hydroxylation is 1. The van der Waals surface area contributed by atoms with E-state index in [0.29, 0.717) is 20.7 Å². The van der Waals surface area contributed by atoms with Crippen molar-refractivity contribution in [1.29, 1.82) is 0 Å². The van der Waals surface area contributed by atoms with Gasteiger partial charge in [-0.05, 0) is 67.1 Å². The number of hydrogen-bond donors (Lipinski definition) is 2. The summed E-state index contributed by atoms with van der Waals surface area (Å²) in [7, 11) is 0. The van der Waals surface area contributed by atoms with Crippen LogP contribution in [0.4, 0.5) is 16.2 Å². The maximum absolute atomic E-state index is 13.2. The normalized spacial score (nSPS) is 14.6. The van der Waals surface area contributed by atoms with Crippen LogP contribution in [0.2, 0.25) is 5.02 Å². The summed E-state index contributed by atoms with van der Waals surface area (Å²) in [6.45, 7) is 1.57. The maximum atomic E-state index is 13.2. The van der Waals surface area contributed by atoms with Crippen LogP contribution in [0.1, 0.15) is 11.1 Å². The molecule has 1 saturated heterocycles. The molecule has 5 amide bonds. The fourth-order valence-corrected chi connectivity index (χ4v) is 3.95. The van der Waals surface area contributed by atoms with Crippen molar-refractivity contribution in [2.75, 3.05) is 16.8 Å². The zero-order chi connectivity index (χ0) is 25.8. The third kappa shape index (κ3) is 5.64. The van der Waals surface area contributed by atoms with Gasteiger partial charge in [0.2, 0.25) is 0 Å². The number of benzene rings is 3. The van der Waals surface area contributed by atoms with E-state index in [1.54, 1.807) is 24.3 Å². The van der Waals surface area contributed by atoms with E-state index in [4.69, 9.17) is 16.3 Å². The second-order valence-electron chi connectivity index (χ2n) is 7.77. The molecule has 8 nitrogen and oxygen atoms in total. The standard InChI is InChI=1S/C26H19BrClN3O5/c1-15-4-2-3-5-21(15)29-23(32)14-36-22-11-6-17(27)12-16(22)13-20-24(33)30-26(35)31(25(20)34)19-9-7-18(28)8-10-19/h2-13H,14H2,1H3,(H,29,32)(H,30,33,35)/b20-13-. The van der Waals surface area contributed by atoms with E-state index in [1.165, 1.54) is 30.3 Å². The second-order valence-corrected chi connectivity index (χ2v) is 9.12. The predicted molar refractivity (Wildman–Crippen MR) is 140 cm³/mol. The molecule has 1 heterocycles. The van der Waals surface area contributed by atoms with Gasteiger partial charge in [0.1, 0.15) is 11.3 Å². The van der Waals surface area contributed by atoms with Crippen LogP contribution < -0.4 is 20.3 Å². The molecular formula is C26H19BrClN3O5. The van der Waals surface area contributed by atoms with Gasteiger partial charge < -0.3 is 10.1 Å². The van der Waals surface area contributed by atoms with E-state index >= 15 is 0 Å². The van der Waals surface area contributed by atoms with Gasteiger partial charge in [0, 0.05) is 20.7 Å². The summed E-state index contributed by atoms with van der Waals surface area (Å²) in [6.07, 6.45) is 1.31. The largest absolute Gasteiger partial charge is 0.483 e. The fourth-order valence-electron chi connectivity index (χ4n) is 3.44. The lowest BCUT2D eigenvalue weighted by Gasteiger charge is -2.26. The minimum atomic E-state index is -0.872. The van der Waals surface area contributed by atoms with Crippen molar-refractivity contribution >= 4 is 68.7 Å². The number of para-hydroxylation sites is 1. The van der Waals surface area contributed by atoms with E-state index < -0.39 is 17.8 Å². The van der Waals surface area contributed by atoms with Crippen molar-refractivity contribution in [2.45, 2.75) is 6.92 Å². The molecule has 0 aromatic heterocycles. The summed E-state index contributed by atoms with van der Waals surface area (Å²) in [6, 6.07) is 17.4. The summed E-state index contributed by atoms with van der Waals surface area (Å²) < 4.78 is 6.36. The summed E-state index contributed by atoms with van der Waals surface area (Å²) in [5, 5.41) is 5.38. The average molecular weight is 569 g/mol. The van der Waals surface area contributed by atoms with Gasteiger partial charge >= 0.3 is 6.03 Å². The minimum absolute atomic E-state index is 0.249. The molecule has 1 fully saturated rings. The number of rotatable bonds is 6. The number of anilines is 2. The number of amides is 5. The zero-order valence-corrected chi connectivity index (χ0v) is 21.2. The van der Waals surface area contributed by atoms with Crippen LogP contribution in [-0.4, -0.2) is 30.4 Å². The molecule has 0 spiro atoms. The van der Waals surface area contributed by atoms with Crippen molar-refractivity contribution in [1.82, 2.24) is 5.32 Å². The Morgan fingerprint density at radius 1 is 1.08 bits per heavy atom. The van der Waals surface area contributed by atoms with Crippen molar-refractivity contribution in [3.63, 3.8) is 0 Å². The molecule has 0 unspecified atom stereocenters. The van der Waals surface area contributed by atoms with Gasteiger partial charge in [0.15, 0.2) is 6.61 Å². The summed E-state index contributed by atoms with van der Waals surface area (Å²) in [5.74, 6) is -1.77. The van der Waals surface area contributed by atoms with Crippen molar-refractivity contribution < 1.29 is 23.9 Å². The first-order valence-electron chi connectivity index (χ1n) is 10.7. The van der Waals surface area contributed by atoms with E-state index in [0.717, 1.165) is 10.5 Å². The Labute approximate surface area is 220 Å². The molecule has 1 aliphatic heterocycles. The first-order valence-corrected chi connectivity index (χ1v) is 11.8. The molecule has 182 valence electrons. The highest BCUT2D eigenvalue weighted by Crippen LogP contribution is 2.28. The molecular weight excluding hydrogens is 550 g/mol. The number of imide groups is 2. The Kier molecular flexibility index (Phi) is 7.52. The maximum Gasteiger partial charge on any atom is 0.335 e. The quantitative estimate of drug-likeness (QED) is 0.318. The number of carbonyl (C=O) groups excluding carboxylic acids is 4. The van der Waals surface area contributed by atoms with Gasteiger partial charge in [-0.1, -0.05) is 45.7 Å². The third-order valence-electron chi connectivity index (χ3n) is 5.24. The number of carbonyl (C=O) groups is 4. The molecule has 0 bridgehead atoms. The van der Waals surface area contributed by atoms with E-state index in [1.807, 2.05) is 25.1 Å². The Morgan fingerprint density at radius 3 is 2.53 bits per heavy atom. The molecule has 3 aromatic rings. The molecule has 0 atom stereocenters. The number of halogens is 2. The number of hydrogen-bond acceptors (Lipinski definition) is 5. The molecule has 1 aliphatic rings. The lowest BCUT2D eigenvalue weighted by Crippen LogP contribution is -2.54. The Hall–Kier alpha value is -3.95. The smallest absolute Gasteiger partial charge is 0.335 e. The molecule has 3 aromatic carbocycles. The monoisotopic (exact) mass is 567 g/mol. The lowest BCUT2D eigenvalue weighted by molar-refractivity contribution is -0.122. The highest BCUT2D eigenvalue weighted by molar-refractivity contribution is 9.10. The summed E-state index contributed by atoms with van der Waals surface area (Å²) in [4.78, 5) is 51.4. The van der Waals surface area contributed by atoms with Crippen LogP contribution in [-0.2, 0) is 14.4 Å². The molecule has 0 aliphatic carbocycles. The molecule has 0 radical (unpaired) electrons. The highest BCUT2D eigenvalue weighted by Gasteiger charge is 2.37. The van der Waals surface area contributed by atoms with Gasteiger partial charge in [-0.25, -0.2) is 9.69 Å². The van der Waals surface area contributed by atoms with E-state index in [-0.39, 0.29) is 29.5 Å². The first-order chi connectivity index (χ1) is 17.2. The average Bonchev–Trinajstić information content (AvgIpc) is 2.84. The van der Waals surface area contributed by atoms with Crippen molar-refractivity contribution in [3.8, 4) is 5.75 Å². The van der Waals surface area contributed by atoms with E-state index in [9.17, 15) is 19.2 Å². The van der Waals surface area contributed by atoms with Crippen LogP contribution in [0, 0.1) is 6.92 Å². The van der Waals surface area contributed by atoms with Gasteiger partial charge in [0.25, 0.3) is 17.7 Å². The van der Waals surface area contributed by atoms with Crippen LogP contribution >= 0.6 is 27.5 Å². The number of nitrogens with one attached hydrogen (secondary N) is 2. The zero-order valence-electron chi connectivity index (χ0n) is 18.9. The number of nitrogens with zero attached hydrogens (tertiary/aromatic N) is 1. The lowest BCUT2D eigenvalue weighted by atomic mass is 10.1. The van der Waals surface area contributed by atoms with Gasteiger partial charge in [-0.15, -0.1) is 0 Å². The van der Waals surface area contributed by atoms with Gasteiger partial charge in [-0.2, -0.15) is 0 Å². The van der Waals surface area contributed by atoms with Crippen LogP contribution in [0.25, 0.3) is 6.08 Å². The fraction of sp³-hybridized carbons (Fsp3) is 0.0769. The first kappa shape index (κ1) is 25.2. The topological polar surface area (TPSA) is 105 Å². The number of barbiturate groups is 1. The molecule has 2 N–H and O–H groups in total. The Bertz CT molecular complexity index is 1400. The van der Waals surface area contributed by atoms with Crippen molar-refractivity contribution in [2.24, 2.45) is 0 Å². The van der Waals surface area contributed by atoms with Gasteiger partial charge in [0.05, 0.1) is 5.69 Å². The predicted octanol–water partition coefficient (Wildman–Crippen LogP) is 5.09. The Balaban J connectivity index is 1.58. The second kappa shape index (κ2) is 10.8. The van der Waals surface area contributed by atoms with Crippen molar-refractivity contribution in [3.05, 3.63) is 92.9 Å². The minimum Gasteiger partial charge on any atom is -0.483 e. The highest BCUT2D eigenvalue weighted by atomic mass is 79.9. The molecule has 36 heavy (non-hydrogen) atoms. The number of ether oxygens (including phenoxy) is 1.